The Bertz CT molecular complexity index is 341. The van der Waals surface area contributed by atoms with Gasteiger partial charge < -0.3 is 9.52 Å². The van der Waals surface area contributed by atoms with Crippen LogP contribution in [0.3, 0.4) is 0 Å². The van der Waals surface area contributed by atoms with E-state index in [0.29, 0.717) is 0 Å². The maximum Gasteiger partial charge on any atom is 0.456 e. The van der Waals surface area contributed by atoms with E-state index in [1.807, 2.05) is 0 Å². The molecule has 7 heteroatoms. The van der Waals surface area contributed by atoms with Crippen molar-refractivity contribution < 1.29 is 31.5 Å². The summed E-state index contributed by atoms with van der Waals surface area (Å²) >= 11 is 0. The molecule has 0 aliphatic rings. The number of alkyl halides is 5. The molecule has 0 radical (unpaired) electrons. The lowest BCUT2D eigenvalue weighted by atomic mass is 10.1. The molecule has 1 aromatic heterocycles. The Morgan fingerprint density at radius 1 is 1.20 bits per heavy atom. The number of hydrogen-bond donors (Lipinski definition) is 1. The number of aryl methyl sites for hydroxylation is 1. The fraction of sp³-hybridized carbons (Fsp3) is 0.500. The third-order valence-corrected chi connectivity index (χ3v) is 1.75. The molecule has 1 N–H and O–H groups in total. The van der Waals surface area contributed by atoms with Crippen LogP contribution in [-0.2, 0) is 0 Å². The highest BCUT2D eigenvalue weighted by Crippen LogP contribution is 2.44. The molecule has 0 spiro atoms. The predicted molar refractivity (Wildman–Crippen MR) is 39.4 cm³/mol. The summed E-state index contributed by atoms with van der Waals surface area (Å²) in [7, 11) is 0. The van der Waals surface area contributed by atoms with Gasteiger partial charge in [-0.2, -0.15) is 22.0 Å². The van der Waals surface area contributed by atoms with Crippen LogP contribution in [0.4, 0.5) is 22.0 Å². The first-order valence-electron chi connectivity index (χ1n) is 3.85. The molecule has 0 saturated carbocycles. The van der Waals surface area contributed by atoms with Crippen molar-refractivity contribution >= 4 is 0 Å². The van der Waals surface area contributed by atoms with Crippen LogP contribution in [0.15, 0.2) is 16.5 Å². The van der Waals surface area contributed by atoms with Gasteiger partial charge in [-0.3, -0.25) is 0 Å². The summed E-state index contributed by atoms with van der Waals surface area (Å²) in [6.07, 6.45) is -8.83. The highest BCUT2D eigenvalue weighted by molar-refractivity contribution is 5.11. The van der Waals surface area contributed by atoms with E-state index in [4.69, 9.17) is 5.11 Å². The Morgan fingerprint density at radius 3 is 2.07 bits per heavy atom. The second kappa shape index (κ2) is 3.48. The van der Waals surface area contributed by atoms with Crippen molar-refractivity contribution in [2.45, 2.75) is 25.1 Å². The smallest absolute Gasteiger partial charge is 0.456 e. The van der Waals surface area contributed by atoms with Crippen LogP contribution in [0, 0.1) is 6.92 Å². The molecule has 0 unspecified atom stereocenters. The van der Waals surface area contributed by atoms with Crippen molar-refractivity contribution in [1.29, 1.82) is 0 Å². The van der Waals surface area contributed by atoms with Gasteiger partial charge in [0.25, 0.3) is 0 Å². The molecule has 2 nitrogen and oxygen atoms in total. The molecule has 0 aliphatic heterocycles. The molecule has 1 heterocycles. The summed E-state index contributed by atoms with van der Waals surface area (Å²) in [5.41, 5.74) is 0. The van der Waals surface area contributed by atoms with Crippen molar-refractivity contribution in [2.24, 2.45) is 0 Å². The highest BCUT2D eigenvalue weighted by atomic mass is 19.4. The monoisotopic (exact) mass is 230 g/mol. The van der Waals surface area contributed by atoms with E-state index in [-0.39, 0.29) is 5.76 Å². The second-order valence-electron chi connectivity index (χ2n) is 2.97. The van der Waals surface area contributed by atoms with E-state index < -0.39 is 24.0 Å². The SMILES string of the molecule is Cc1ccc([C@@H](O)C(F)(F)C(F)(F)F)o1. The van der Waals surface area contributed by atoms with Crippen molar-refractivity contribution in [3.8, 4) is 0 Å². The summed E-state index contributed by atoms with van der Waals surface area (Å²) in [6, 6.07) is 2.06. The predicted octanol–water partition coefficient (Wildman–Crippen LogP) is 2.82. The molecule has 0 saturated heterocycles. The maximum absolute atomic E-state index is 12.6. The lowest BCUT2D eigenvalue weighted by Crippen LogP contribution is -2.42. The van der Waals surface area contributed by atoms with Crippen molar-refractivity contribution in [1.82, 2.24) is 0 Å². The van der Waals surface area contributed by atoms with Crippen LogP contribution in [0.1, 0.15) is 17.6 Å². The normalized spacial score (nSPS) is 15.4. The van der Waals surface area contributed by atoms with E-state index >= 15 is 0 Å². The highest BCUT2D eigenvalue weighted by Gasteiger charge is 2.63. The Kier molecular flexibility index (Phi) is 2.77. The van der Waals surface area contributed by atoms with Crippen LogP contribution < -0.4 is 0 Å². The minimum absolute atomic E-state index is 0.141. The van der Waals surface area contributed by atoms with E-state index in [1.54, 1.807) is 0 Å². The molecule has 0 fully saturated rings. The molecule has 1 rings (SSSR count). The van der Waals surface area contributed by atoms with Crippen LogP contribution in [0.2, 0.25) is 0 Å². The Labute approximate surface area is 81.3 Å². The first-order chi connectivity index (χ1) is 6.66. The number of aliphatic hydroxyl groups excluding tert-OH is 1. The lowest BCUT2D eigenvalue weighted by Gasteiger charge is -2.23. The van der Waals surface area contributed by atoms with E-state index in [2.05, 4.69) is 4.42 Å². The quantitative estimate of drug-likeness (QED) is 0.792. The minimum atomic E-state index is -5.81. The summed E-state index contributed by atoms with van der Waals surface area (Å²) in [4.78, 5) is 0. The third-order valence-electron chi connectivity index (χ3n) is 1.75. The van der Waals surface area contributed by atoms with Gasteiger partial charge in [0.15, 0.2) is 6.10 Å². The first kappa shape index (κ1) is 12.0. The zero-order valence-corrected chi connectivity index (χ0v) is 7.48. The molecule has 0 aliphatic carbocycles. The molecular formula is C8H7F5O2. The Balaban J connectivity index is 2.99. The molecule has 0 aromatic carbocycles. The van der Waals surface area contributed by atoms with Gasteiger partial charge in [-0.25, -0.2) is 0 Å². The zero-order chi connectivity index (χ0) is 11.9. The molecule has 0 bridgehead atoms. The average Bonchev–Trinajstić information content (AvgIpc) is 2.48. The third kappa shape index (κ3) is 2.11. The van der Waals surface area contributed by atoms with Gasteiger partial charge in [0.1, 0.15) is 11.5 Å². The van der Waals surface area contributed by atoms with Crippen LogP contribution in [0.25, 0.3) is 0 Å². The van der Waals surface area contributed by atoms with Gasteiger partial charge in [-0.15, -0.1) is 0 Å². The fourth-order valence-electron chi connectivity index (χ4n) is 0.934. The number of aliphatic hydroxyl groups is 1. The molecule has 1 aromatic rings. The molecule has 0 amide bonds. The number of furan rings is 1. The van der Waals surface area contributed by atoms with E-state index in [9.17, 15) is 22.0 Å². The average molecular weight is 230 g/mol. The van der Waals surface area contributed by atoms with Crippen LogP contribution in [0.5, 0.6) is 0 Å². The minimum Gasteiger partial charge on any atom is -0.463 e. The van der Waals surface area contributed by atoms with Gasteiger partial charge in [0, 0.05) is 0 Å². The van der Waals surface area contributed by atoms with E-state index in [1.165, 1.54) is 13.0 Å². The largest absolute Gasteiger partial charge is 0.463 e. The van der Waals surface area contributed by atoms with Gasteiger partial charge >= 0.3 is 12.1 Å². The lowest BCUT2D eigenvalue weighted by molar-refractivity contribution is -0.317. The topological polar surface area (TPSA) is 33.4 Å². The standard InChI is InChI=1S/C8H7F5O2/c1-4-2-3-5(15-4)6(14)7(9,10)8(11,12)13/h2-3,6,14H,1H3/t6-/m1/s1. The van der Waals surface area contributed by atoms with Crippen molar-refractivity contribution in [2.75, 3.05) is 0 Å². The van der Waals surface area contributed by atoms with Gasteiger partial charge in [0.2, 0.25) is 0 Å². The summed E-state index contributed by atoms with van der Waals surface area (Å²) in [5, 5.41) is 8.83. The van der Waals surface area contributed by atoms with Crippen molar-refractivity contribution in [3.05, 3.63) is 23.7 Å². The second-order valence-corrected chi connectivity index (χ2v) is 2.97. The number of hydrogen-bond acceptors (Lipinski definition) is 2. The Morgan fingerprint density at radius 2 is 1.73 bits per heavy atom. The van der Waals surface area contributed by atoms with Gasteiger partial charge in [0.05, 0.1) is 0 Å². The summed E-state index contributed by atoms with van der Waals surface area (Å²) < 4.78 is 65.1. The zero-order valence-electron chi connectivity index (χ0n) is 7.48. The molecule has 15 heavy (non-hydrogen) atoms. The summed E-state index contributed by atoms with van der Waals surface area (Å²) in [5.74, 6) is -5.89. The number of rotatable bonds is 2. The van der Waals surface area contributed by atoms with Gasteiger partial charge in [-0.1, -0.05) is 0 Å². The first-order valence-corrected chi connectivity index (χ1v) is 3.85. The van der Waals surface area contributed by atoms with Crippen LogP contribution in [-0.4, -0.2) is 17.2 Å². The van der Waals surface area contributed by atoms with Crippen LogP contribution >= 0.6 is 0 Å². The number of halogens is 5. The molecular weight excluding hydrogens is 223 g/mol. The molecule has 1 atom stereocenters. The van der Waals surface area contributed by atoms with Crippen molar-refractivity contribution in [3.63, 3.8) is 0 Å². The Hall–Kier alpha value is -1.11. The van der Waals surface area contributed by atoms with E-state index in [0.717, 1.165) is 6.07 Å². The fourth-order valence-corrected chi connectivity index (χ4v) is 0.934. The molecule has 86 valence electrons. The summed E-state index contributed by atoms with van der Waals surface area (Å²) in [6.45, 7) is 1.36. The maximum atomic E-state index is 12.6. The van der Waals surface area contributed by atoms with Gasteiger partial charge in [-0.05, 0) is 19.1 Å².